The zero-order valence-electron chi connectivity index (χ0n) is 24.6. The average molecular weight is 600 g/mol. The van der Waals surface area contributed by atoms with Gasteiger partial charge in [0.25, 0.3) is 11.8 Å². The lowest BCUT2D eigenvalue weighted by Gasteiger charge is -2.13. The monoisotopic (exact) mass is 599 g/mol. The van der Waals surface area contributed by atoms with E-state index in [4.69, 9.17) is 42.6 Å². The molecule has 0 atom stereocenters. The maximum atomic E-state index is 12.3. The molecule has 0 aliphatic carbocycles. The molecular weight excluding hydrogens is 554 g/mol. The van der Waals surface area contributed by atoms with Gasteiger partial charge in [-0.15, -0.1) is 0 Å². The van der Waals surface area contributed by atoms with Crippen molar-refractivity contribution in [1.29, 1.82) is 0 Å². The van der Waals surface area contributed by atoms with Crippen LogP contribution in [0.25, 0.3) is 0 Å². The number of fused-ring (bicyclic) bond motifs is 1. The van der Waals surface area contributed by atoms with Gasteiger partial charge in [0, 0.05) is 0 Å². The van der Waals surface area contributed by atoms with E-state index < -0.39 is 0 Å². The maximum absolute atomic E-state index is 12.3. The number of rotatable bonds is 28. The van der Waals surface area contributed by atoms with E-state index in [1.54, 1.807) is 31.2 Å². The van der Waals surface area contributed by atoms with Gasteiger partial charge in [-0.3, -0.25) is 19.3 Å². The van der Waals surface area contributed by atoms with Gasteiger partial charge in [-0.05, 0) is 19.1 Å². The van der Waals surface area contributed by atoms with E-state index in [9.17, 15) is 14.4 Å². The summed E-state index contributed by atoms with van der Waals surface area (Å²) < 4.78 is 48.2. The zero-order valence-corrected chi connectivity index (χ0v) is 24.6. The number of carbonyl (C=O) groups excluding carboxylic acids is 3. The first-order chi connectivity index (χ1) is 20.6. The summed E-state index contributed by atoms with van der Waals surface area (Å²) in [6.07, 6.45) is 0.249. The van der Waals surface area contributed by atoms with Crippen LogP contribution in [-0.2, 0) is 47.4 Å². The Morgan fingerprint density at radius 2 is 0.881 bits per heavy atom. The smallest absolute Gasteiger partial charge is 0.308 e. The molecule has 0 saturated carbocycles. The highest BCUT2D eigenvalue weighted by molar-refractivity contribution is 6.21. The molecule has 1 aliphatic heterocycles. The molecule has 0 unspecified atom stereocenters. The third-order valence-corrected chi connectivity index (χ3v) is 5.70. The van der Waals surface area contributed by atoms with Crippen molar-refractivity contribution in [3.8, 4) is 0 Å². The molecular formula is C29H45NO12. The van der Waals surface area contributed by atoms with Gasteiger partial charge in [0.15, 0.2) is 0 Å². The summed E-state index contributed by atoms with van der Waals surface area (Å²) in [6.45, 7) is 9.18. The predicted molar refractivity (Wildman–Crippen MR) is 150 cm³/mol. The SMILES string of the molecule is CCOC(=O)CCOCCOCCOCCOCCOCCOCCOCCOCCN1C(=O)c2ccccc2C1=O. The van der Waals surface area contributed by atoms with Gasteiger partial charge in [-0.25, -0.2) is 0 Å². The Bertz CT molecular complexity index is 849. The van der Waals surface area contributed by atoms with Crippen molar-refractivity contribution in [3.05, 3.63) is 35.4 Å². The number of hydrogen-bond donors (Lipinski definition) is 0. The van der Waals surface area contributed by atoms with Crippen LogP contribution in [0.2, 0.25) is 0 Å². The van der Waals surface area contributed by atoms with E-state index in [0.29, 0.717) is 117 Å². The van der Waals surface area contributed by atoms with Crippen LogP contribution in [0.3, 0.4) is 0 Å². The molecule has 0 aromatic heterocycles. The van der Waals surface area contributed by atoms with E-state index in [-0.39, 0.29) is 37.4 Å². The number of amides is 2. The molecule has 1 heterocycles. The highest BCUT2D eigenvalue weighted by Crippen LogP contribution is 2.21. The Labute approximate surface area is 247 Å². The lowest BCUT2D eigenvalue weighted by atomic mass is 10.1. The molecule has 238 valence electrons. The molecule has 1 aliphatic rings. The number of ether oxygens (including phenoxy) is 9. The van der Waals surface area contributed by atoms with Gasteiger partial charge in [-0.1, -0.05) is 12.1 Å². The summed E-state index contributed by atoms with van der Waals surface area (Å²) in [5.74, 6) is -0.818. The maximum Gasteiger partial charge on any atom is 0.308 e. The Kier molecular flexibility index (Phi) is 20.4. The molecule has 1 aromatic carbocycles. The minimum absolute atomic E-state index is 0.212. The Morgan fingerprint density at radius 1 is 0.548 bits per heavy atom. The van der Waals surface area contributed by atoms with Crippen LogP contribution in [0.1, 0.15) is 34.1 Å². The molecule has 0 spiro atoms. The lowest BCUT2D eigenvalue weighted by molar-refractivity contribution is -0.144. The molecule has 0 saturated heterocycles. The lowest BCUT2D eigenvalue weighted by Crippen LogP contribution is -2.33. The summed E-state index contributed by atoms with van der Waals surface area (Å²) in [5.41, 5.74) is 0.879. The van der Waals surface area contributed by atoms with Gasteiger partial charge >= 0.3 is 5.97 Å². The van der Waals surface area contributed by atoms with E-state index >= 15 is 0 Å². The van der Waals surface area contributed by atoms with Crippen LogP contribution in [-0.4, -0.2) is 142 Å². The zero-order chi connectivity index (χ0) is 30.1. The Morgan fingerprint density at radius 3 is 1.24 bits per heavy atom. The number of benzene rings is 1. The second-order valence-corrected chi connectivity index (χ2v) is 8.76. The van der Waals surface area contributed by atoms with Crippen molar-refractivity contribution in [3.63, 3.8) is 0 Å². The highest BCUT2D eigenvalue weighted by atomic mass is 16.6. The normalized spacial score (nSPS) is 12.7. The molecule has 0 bridgehead atoms. The van der Waals surface area contributed by atoms with Gasteiger partial charge in [0.1, 0.15) is 0 Å². The Hall–Kier alpha value is -2.49. The quantitative estimate of drug-likeness (QED) is 0.0781. The van der Waals surface area contributed by atoms with E-state index in [0.717, 1.165) is 0 Å². The van der Waals surface area contributed by atoms with Crippen LogP contribution >= 0.6 is 0 Å². The van der Waals surface area contributed by atoms with Crippen LogP contribution in [0.15, 0.2) is 24.3 Å². The number of imide groups is 1. The topological polar surface area (TPSA) is 138 Å². The van der Waals surface area contributed by atoms with Crippen LogP contribution < -0.4 is 0 Å². The minimum atomic E-state index is -0.280. The molecule has 0 N–H and O–H groups in total. The second kappa shape index (κ2) is 24.0. The molecule has 0 radical (unpaired) electrons. The number of hydrogen-bond acceptors (Lipinski definition) is 12. The summed E-state index contributed by atoms with van der Waals surface area (Å²) in [5, 5.41) is 0. The molecule has 42 heavy (non-hydrogen) atoms. The molecule has 1 aromatic rings. The van der Waals surface area contributed by atoms with Gasteiger partial charge < -0.3 is 42.6 Å². The fourth-order valence-corrected chi connectivity index (χ4v) is 3.63. The first-order valence-electron chi connectivity index (χ1n) is 14.4. The number of carbonyl (C=O) groups is 3. The first kappa shape index (κ1) is 35.7. The minimum Gasteiger partial charge on any atom is -0.466 e. The van der Waals surface area contributed by atoms with Crippen molar-refractivity contribution in [2.24, 2.45) is 0 Å². The van der Waals surface area contributed by atoms with E-state index in [1.807, 2.05) is 0 Å². The van der Waals surface area contributed by atoms with Gasteiger partial charge in [-0.2, -0.15) is 0 Å². The van der Waals surface area contributed by atoms with E-state index in [2.05, 4.69) is 0 Å². The largest absolute Gasteiger partial charge is 0.466 e. The van der Waals surface area contributed by atoms with Crippen LogP contribution in [0.5, 0.6) is 0 Å². The first-order valence-corrected chi connectivity index (χ1v) is 14.4. The van der Waals surface area contributed by atoms with Crippen molar-refractivity contribution in [1.82, 2.24) is 4.90 Å². The van der Waals surface area contributed by atoms with Gasteiger partial charge in [0.2, 0.25) is 0 Å². The fourth-order valence-electron chi connectivity index (χ4n) is 3.63. The van der Waals surface area contributed by atoms with E-state index in [1.165, 1.54) is 4.90 Å². The Balaban J connectivity index is 1.22. The third-order valence-electron chi connectivity index (χ3n) is 5.70. The standard InChI is InChI=1S/C29H45NO12/c1-2-42-27(31)7-9-34-11-13-36-15-17-38-19-21-40-23-24-41-22-20-39-18-16-37-14-12-35-10-8-30-28(32)25-5-3-4-6-26(25)29(30)33/h3-6H,2,7-24H2,1H3. The molecule has 0 fully saturated rings. The molecule has 2 amide bonds. The number of nitrogens with zero attached hydrogens (tertiary/aromatic N) is 1. The van der Waals surface area contributed by atoms with Crippen molar-refractivity contribution in [2.45, 2.75) is 13.3 Å². The van der Waals surface area contributed by atoms with Gasteiger partial charge in [0.05, 0.1) is 136 Å². The molecule has 13 heteroatoms. The fraction of sp³-hybridized carbons (Fsp3) is 0.690. The summed E-state index contributed by atoms with van der Waals surface area (Å²) in [6, 6.07) is 6.80. The van der Waals surface area contributed by atoms with Crippen molar-refractivity contribution < 1.29 is 57.0 Å². The third kappa shape index (κ3) is 15.7. The number of esters is 1. The summed E-state index contributed by atoms with van der Waals surface area (Å²) in [4.78, 5) is 36.9. The van der Waals surface area contributed by atoms with Crippen molar-refractivity contribution in [2.75, 3.05) is 119 Å². The summed E-state index contributed by atoms with van der Waals surface area (Å²) >= 11 is 0. The molecule has 13 nitrogen and oxygen atoms in total. The second-order valence-electron chi connectivity index (χ2n) is 8.76. The highest BCUT2D eigenvalue weighted by Gasteiger charge is 2.34. The predicted octanol–water partition coefficient (Wildman–Crippen LogP) is 1.37. The molecule has 2 rings (SSSR count). The summed E-state index contributed by atoms with van der Waals surface area (Å²) in [7, 11) is 0. The average Bonchev–Trinajstić information content (AvgIpc) is 3.24. The van der Waals surface area contributed by atoms with Crippen molar-refractivity contribution >= 4 is 17.8 Å². The van der Waals surface area contributed by atoms with Crippen LogP contribution in [0.4, 0.5) is 0 Å². The van der Waals surface area contributed by atoms with Crippen LogP contribution in [0, 0.1) is 0 Å².